The lowest BCUT2D eigenvalue weighted by atomic mass is 10.1. The standard InChI is InChI=1S/C26H28N4O2S2/c1-16-11-12-21(33-16)15-30(14-13-20-9-7-6-8-10-20)26(32)23-19(4)27-24(34-23)22-17(2)18(3)28-29(5)25(22)31/h6-12H,13-15H2,1-5H3. The molecular formula is C26H28N4O2S2. The molecule has 0 aliphatic heterocycles. The van der Waals surface area contributed by atoms with Gasteiger partial charge < -0.3 is 4.90 Å². The maximum absolute atomic E-state index is 13.8. The van der Waals surface area contributed by atoms with Crippen LogP contribution in [0.25, 0.3) is 10.6 Å². The maximum Gasteiger partial charge on any atom is 0.277 e. The van der Waals surface area contributed by atoms with E-state index in [0.717, 1.165) is 22.6 Å². The number of hydrogen-bond donors (Lipinski definition) is 0. The first-order valence-corrected chi connectivity index (χ1v) is 12.8. The Morgan fingerprint density at radius 1 is 1.00 bits per heavy atom. The van der Waals surface area contributed by atoms with E-state index >= 15 is 0 Å². The van der Waals surface area contributed by atoms with Crippen LogP contribution < -0.4 is 5.56 Å². The molecule has 8 heteroatoms. The fourth-order valence-corrected chi connectivity index (χ4v) is 5.90. The van der Waals surface area contributed by atoms with Crippen LogP contribution in [0.3, 0.4) is 0 Å². The van der Waals surface area contributed by atoms with Crippen LogP contribution in [0.5, 0.6) is 0 Å². The highest BCUT2D eigenvalue weighted by molar-refractivity contribution is 7.17. The van der Waals surface area contributed by atoms with E-state index in [1.54, 1.807) is 18.4 Å². The molecule has 0 bridgehead atoms. The molecule has 0 fully saturated rings. The molecular weight excluding hydrogens is 464 g/mol. The largest absolute Gasteiger partial charge is 0.332 e. The molecule has 0 atom stereocenters. The molecule has 0 radical (unpaired) electrons. The van der Waals surface area contributed by atoms with Crippen molar-refractivity contribution in [1.29, 1.82) is 0 Å². The summed E-state index contributed by atoms with van der Waals surface area (Å²) in [4.78, 5) is 36.1. The van der Waals surface area contributed by atoms with Crippen LogP contribution in [-0.2, 0) is 20.0 Å². The number of hydrogen-bond acceptors (Lipinski definition) is 6. The lowest BCUT2D eigenvalue weighted by molar-refractivity contribution is 0.0750. The van der Waals surface area contributed by atoms with Crippen molar-refractivity contribution in [2.75, 3.05) is 6.54 Å². The Kier molecular flexibility index (Phi) is 7.09. The fourth-order valence-electron chi connectivity index (χ4n) is 3.87. The van der Waals surface area contributed by atoms with Gasteiger partial charge in [-0.05, 0) is 57.4 Å². The molecule has 1 amide bonds. The van der Waals surface area contributed by atoms with Crippen LogP contribution >= 0.6 is 22.7 Å². The Balaban J connectivity index is 1.67. The first-order valence-electron chi connectivity index (χ1n) is 11.2. The van der Waals surface area contributed by atoms with Crippen LogP contribution in [0.15, 0.2) is 47.3 Å². The number of amides is 1. The number of carbonyl (C=O) groups is 1. The van der Waals surface area contributed by atoms with E-state index in [1.165, 1.54) is 26.5 Å². The fraction of sp³-hybridized carbons (Fsp3) is 0.308. The molecule has 0 aliphatic carbocycles. The molecule has 0 saturated heterocycles. The Labute approximate surface area is 207 Å². The SMILES string of the molecule is Cc1ccc(CN(CCc2ccccc2)C(=O)c2sc(-c3c(C)c(C)nn(C)c3=O)nc2C)s1. The zero-order valence-electron chi connectivity index (χ0n) is 20.1. The van der Waals surface area contributed by atoms with Gasteiger partial charge in [0.1, 0.15) is 9.88 Å². The van der Waals surface area contributed by atoms with Gasteiger partial charge in [0, 0.05) is 23.3 Å². The molecule has 0 aliphatic rings. The molecule has 3 heterocycles. The Morgan fingerprint density at radius 2 is 1.74 bits per heavy atom. The molecule has 0 unspecified atom stereocenters. The van der Waals surface area contributed by atoms with Gasteiger partial charge in [-0.1, -0.05) is 30.3 Å². The third-order valence-electron chi connectivity index (χ3n) is 5.87. The monoisotopic (exact) mass is 492 g/mol. The minimum absolute atomic E-state index is 0.0523. The van der Waals surface area contributed by atoms with Gasteiger partial charge in [-0.15, -0.1) is 22.7 Å². The highest BCUT2D eigenvalue weighted by Crippen LogP contribution is 2.30. The summed E-state index contributed by atoms with van der Waals surface area (Å²) in [5.41, 5.74) is 3.72. The van der Waals surface area contributed by atoms with Crippen LogP contribution in [0.4, 0.5) is 0 Å². The molecule has 4 rings (SSSR count). The second-order valence-electron chi connectivity index (χ2n) is 8.42. The van der Waals surface area contributed by atoms with Gasteiger partial charge in [-0.2, -0.15) is 5.10 Å². The molecule has 4 aromatic rings. The second kappa shape index (κ2) is 10.0. The summed E-state index contributed by atoms with van der Waals surface area (Å²) in [6, 6.07) is 14.4. The summed E-state index contributed by atoms with van der Waals surface area (Å²) in [6.45, 7) is 8.81. The van der Waals surface area contributed by atoms with Gasteiger partial charge in [-0.3, -0.25) is 9.59 Å². The number of nitrogens with zero attached hydrogens (tertiary/aromatic N) is 4. The maximum atomic E-state index is 13.8. The molecule has 34 heavy (non-hydrogen) atoms. The second-order valence-corrected chi connectivity index (χ2v) is 10.8. The summed E-state index contributed by atoms with van der Waals surface area (Å²) >= 11 is 3.00. The van der Waals surface area contributed by atoms with E-state index in [4.69, 9.17) is 0 Å². The van der Waals surface area contributed by atoms with Crippen molar-refractivity contribution in [2.24, 2.45) is 7.05 Å². The van der Waals surface area contributed by atoms with E-state index in [2.05, 4.69) is 41.3 Å². The number of thiazole rings is 1. The summed E-state index contributed by atoms with van der Waals surface area (Å²) in [5.74, 6) is -0.0523. The van der Waals surface area contributed by atoms with Gasteiger partial charge >= 0.3 is 0 Å². The molecule has 176 valence electrons. The van der Waals surface area contributed by atoms with Crippen molar-refractivity contribution in [2.45, 2.75) is 40.7 Å². The summed E-state index contributed by atoms with van der Waals surface area (Å²) < 4.78 is 1.33. The zero-order valence-corrected chi connectivity index (χ0v) is 21.7. The molecule has 0 spiro atoms. The number of aromatic nitrogens is 3. The van der Waals surface area contributed by atoms with Crippen molar-refractivity contribution in [1.82, 2.24) is 19.7 Å². The number of carbonyl (C=O) groups excluding carboxylic acids is 1. The van der Waals surface area contributed by atoms with Crippen molar-refractivity contribution in [3.05, 3.63) is 90.0 Å². The van der Waals surface area contributed by atoms with Crippen molar-refractivity contribution < 1.29 is 4.79 Å². The Bertz CT molecular complexity index is 1390. The van der Waals surface area contributed by atoms with E-state index < -0.39 is 0 Å². The van der Waals surface area contributed by atoms with Crippen molar-refractivity contribution in [3.63, 3.8) is 0 Å². The lowest BCUT2D eigenvalue weighted by Gasteiger charge is -2.22. The minimum Gasteiger partial charge on any atom is -0.332 e. The van der Waals surface area contributed by atoms with Crippen LogP contribution in [0.2, 0.25) is 0 Å². The highest BCUT2D eigenvalue weighted by atomic mass is 32.1. The molecule has 6 nitrogen and oxygen atoms in total. The van der Waals surface area contributed by atoms with E-state index in [9.17, 15) is 9.59 Å². The molecule has 3 aromatic heterocycles. The number of rotatable bonds is 7. The van der Waals surface area contributed by atoms with Crippen molar-refractivity contribution >= 4 is 28.6 Å². The third-order valence-corrected chi connectivity index (χ3v) is 8.02. The minimum atomic E-state index is -0.203. The number of thiophene rings is 1. The average Bonchev–Trinajstić information content (AvgIpc) is 3.40. The first-order chi connectivity index (χ1) is 16.2. The molecule has 0 N–H and O–H groups in total. The first kappa shape index (κ1) is 24.0. The predicted molar refractivity (Wildman–Crippen MR) is 139 cm³/mol. The van der Waals surface area contributed by atoms with Crippen LogP contribution in [-0.4, -0.2) is 32.1 Å². The predicted octanol–water partition coefficient (Wildman–Crippen LogP) is 5.08. The normalized spacial score (nSPS) is 11.1. The number of benzene rings is 1. The van der Waals surface area contributed by atoms with Crippen LogP contribution in [0.1, 0.15) is 41.9 Å². The van der Waals surface area contributed by atoms with E-state index in [1.807, 2.05) is 43.9 Å². The van der Waals surface area contributed by atoms with Gasteiger partial charge in [0.25, 0.3) is 11.5 Å². The van der Waals surface area contributed by atoms with Gasteiger partial charge in [0.05, 0.1) is 23.5 Å². The Morgan fingerprint density at radius 3 is 2.41 bits per heavy atom. The summed E-state index contributed by atoms with van der Waals surface area (Å²) in [5, 5.41) is 4.83. The van der Waals surface area contributed by atoms with Crippen LogP contribution in [0, 0.1) is 27.7 Å². The topological polar surface area (TPSA) is 68.1 Å². The van der Waals surface area contributed by atoms with E-state index in [-0.39, 0.29) is 11.5 Å². The quantitative estimate of drug-likeness (QED) is 0.361. The van der Waals surface area contributed by atoms with Crippen molar-refractivity contribution in [3.8, 4) is 10.6 Å². The van der Waals surface area contributed by atoms with Gasteiger partial charge in [0.2, 0.25) is 0 Å². The Hall–Kier alpha value is -3.10. The summed E-state index contributed by atoms with van der Waals surface area (Å²) in [7, 11) is 1.64. The van der Waals surface area contributed by atoms with Gasteiger partial charge in [-0.25, -0.2) is 9.67 Å². The average molecular weight is 493 g/mol. The lowest BCUT2D eigenvalue weighted by Crippen LogP contribution is -2.32. The third kappa shape index (κ3) is 5.03. The highest BCUT2D eigenvalue weighted by Gasteiger charge is 2.25. The van der Waals surface area contributed by atoms with Gasteiger partial charge in [0.15, 0.2) is 0 Å². The zero-order chi connectivity index (χ0) is 24.4. The molecule has 0 saturated carbocycles. The number of aryl methyl sites for hydroxylation is 4. The van der Waals surface area contributed by atoms with E-state index in [0.29, 0.717) is 34.2 Å². The molecule has 1 aromatic carbocycles. The smallest absolute Gasteiger partial charge is 0.277 e. The summed E-state index contributed by atoms with van der Waals surface area (Å²) in [6.07, 6.45) is 0.769.